The van der Waals surface area contributed by atoms with Gasteiger partial charge < -0.3 is 15.8 Å². The molecule has 0 aromatic heterocycles. The number of benzene rings is 1. The summed E-state index contributed by atoms with van der Waals surface area (Å²) in [5.74, 6) is 0.399. The van der Waals surface area contributed by atoms with E-state index in [9.17, 15) is 8.42 Å². The highest BCUT2D eigenvalue weighted by molar-refractivity contribution is 7.89. The molecule has 0 saturated carbocycles. The Kier molecular flexibility index (Phi) is 8.60. The van der Waals surface area contributed by atoms with Gasteiger partial charge >= 0.3 is 0 Å². The summed E-state index contributed by atoms with van der Waals surface area (Å²) in [6, 6.07) is 6.57. The number of nitrogens with two attached hydrogens (primary N) is 1. The van der Waals surface area contributed by atoms with E-state index in [4.69, 9.17) is 10.5 Å². The molecule has 1 aromatic carbocycles. The van der Waals surface area contributed by atoms with Crippen molar-refractivity contribution in [2.24, 2.45) is 10.7 Å². The number of guanidine groups is 1. The van der Waals surface area contributed by atoms with Crippen LogP contribution in [0.25, 0.3) is 0 Å². The highest BCUT2D eigenvalue weighted by Crippen LogP contribution is 2.11. The molecule has 1 aromatic rings. The van der Waals surface area contributed by atoms with Gasteiger partial charge in [0.05, 0.1) is 18.0 Å². The van der Waals surface area contributed by atoms with Crippen LogP contribution in [0.2, 0.25) is 0 Å². The van der Waals surface area contributed by atoms with Gasteiger partial charge in [0.1, 0.15) is 0 Å². The molecule has 4 N–H and O–H groups in total. The Hall–Kier alpha value is -1.64. The fraction of sp³-hybridized carbons (Fsp3) is 0.533. The first-order chi connectivity index (χ1) is 11.0. The average Bonchev–Trinajstić information content (AvgIpc) is 2.54. The fourth-order valence-electron chi connectivity index (χ4n) is 1.76. The number of rotatable bonds is 10. The standard InChI is InChI=1S/C15H26N4O3S/c1-3-4-9-17-15(16)18-12-13-5-7-14(8-6-13)23(20,21)19-10-11-22-2/h5-8,19H,3-4,9-12H2,1-2H3,(H3,16,17,18). The minimum absolute atomic E-state index is 0.218. The monoisotopic (exact) mass is 342 g/mol. The number of nitrogens with zero attached hydrogens (tertiary/aromatic N) is 1. The quantitative estimate of drug-likeness (QED) is 0.331. The van der Waals surface area contributed by atoms with Crippen LogP contribution < -0.4 is 15.8 Å². The number of hydrogen-bond acceptors (Lipinski definition) is 4. The summed E-state index contributed by atoms with van der Waals surface area (Å²) in [5, 5.41) is 3.03. The minimum atomic E-state index is -3.50. The summed E-state index contributed by atoms with van der Waals surface area (Å²) in [6.07, 6.45) is 2.13. The molecule has 130 valence electrons. The van der Waals surface area contributed by atoms with Gasteiger partial charge in [-0.3, -0.25) is 0 Å². The topological polar surface area (TPSA) is 106 Å². The molecule has 0 fully saturated rings. The zero-order chi connectivity index (χ0) is 17.1. The Morgan fingerprint density at radius 3 is 2.57 bits per heavy atom. The van der Waals surface area contributed by atoms with Crippen molar-refractivity contribution in [2.45, 2.75) is 31.2 Å². The molecule has 23 heavy (non-hydrogen) atoms. The number of sulfonamides is 1. The zero-order valence-corrected chi connectivity index (χ0v) is 14.5. The molecule has 0 spiro atoms. The number of unbranched alkanes of at least 4 members (excludes halogenated alkanes) is 1. The third-order valence-electron chi connectivity index (χ3n) is 3.10. The highest BCUT2D eigenvalue weighted by Gasteiger charge is 2.12. The predicted molar refractivity (Wildman–Crippen MR) is 91.7 cm³/mol. The Labute approximate surface area is 138 Å². The van der Waals surface area contributed by atoms with E-state index in [-0.39, 0.29) is 11.4 Å². The number of ether oxygens (including phenoxy) is 1. The van der Waals surface area contributed by atoms with Crippen molar-refractivity contribution < 1.29 is 13.2 Å². The lowest BCUT2D eigenvalue weighted by molar-refractivity contribution is 0.204. The Bertz CT molecular complexity index is 585. The molecule has 0 radical (unpaired) electrons. The lowest BCUT2D eigenvalue weighted by atomic mass is 10.2. The molecule has 0 saturated heterocycles. The van der Waals surface area contributed by atoms with Crippen LogP contribution in [-0.4, -0.2) is 41.2 Å². The Morgan fingerprint density at radius 1 is 1.26 bits per heavy atom. The van der Waals surface area contributed by atoms with Gasteiger partial charge in [0.15, 0.2) is 5.96 Å². The largest absolute Gasteiger partial charge is 0.383 e. The van der Waals surface area contributed by atoms with E-state index >= 15 is 0 Å². The molecule has 8 heteroatoms. The van der Waals surface area contributed by atoms with Crippen LogP contribution >= 0.6 is 0 Å². The van der Waals surface area contributed by atoms with Crippen molar-refractivity contribution in [1.82, 2.24) is 10.0 Å². The molecule has 0 aliphatic carbocycles. The van der Waals surface area contributed by atoms with E-state index in [0.717, 1.165) is 24.9 Å². The van der Waals surface area contributed by atoms with Crippen molar-refractivity contribution in [3.05, 3.63) is 29.8 Å². The van der Waals surface area contributed by atoms with Crippen LogP contribution in [0.4, 0.5) is 0 Å². The summed E-state index contributed by atoms with van der Waals surface area (Å²) in [7, 11) is -1.98. The molecule has 0 aliphatic rings. The zero-order valence-electron chi connectivity index (χ0n) is 13.7. The van der Waals surface area contributed by atoms with Gasteiger partial charge in [-0.2, -0.15) is 0 Å². The second-order valence-corrected chi connectivity index (χ2v) is 6.78. The van der Waals surface area contributed by atoms with Gasteiger partial charge in [-0.1, -0.05) is 25.5 Å². The van der Waals surface area contributed by atoms with Crippen molar-refractivity contribution in [3.63, 3.8) is 0 Å². The van der Waals surface area contributed by atoms with Gasteiger partial charge in [0.25, 0.3) is 0 Å². The maximum absolute atomic E-state index is 12.0. The van der Waals surface area contributed by atoms with Crippen LogP contribution in [0.3, 0.4) is 0 Å². The predicted octanol–water partition coefficient (Wildman–Crippen LogP) is 0.816. The Morgan fingerprint density at radius 2 is 1.96 bits per heavy atom. The average molecular weight is 342 g/mol. The molecular formula is C15H26N4O3S. The third kappa shape index (κ3) is 7.45. The lowest BCUT2D eigenvalue weighted by Gasteiger charge is -2.07. The van der Waals surface area contributed by atoms with E-state index in [1.54, 1.807) is 24.3 Å². The first-order valence-electron chi connectivity index (χ1n) is 7.61. The van der Waals surface area contributed by atoms with E-state index < -0.39 is 10.0 Å². The van der Waals surface area contributed by atoms with Gasteiger partial charge in [-0.25, -0.2) is 18.1 Å². The first-order valence-corrected chi connectivity index (χ1v) is 9.09. The van der Waals surface area contributed by atoms with E-state index in [2.05, 4.69) is 22.0 Å². The van der Waals surface area contributed by atoms with Crippen LogP contribution in [0.15, 0.2) is 34.2 Å². The lowest BCUT2D eigenvalue weighted by Crippen LogP contribution is -2.32. The second kappa shape index (κ2) is 10.2. The number of hydrogen-bond donors (Lipinski definition) is 3. The molecule has 0 atom stereocenters. The molecule has 0 unspecified atom stereocenters. The van der Waals surface area contributed by atoms with Crippen molar-refractivity contribution >= 4 is 16.0 Å². The normalized spacial score (nSPS) is 12.3. The van der Waals surface area contributed by atoms with Gasteiger partial charge in [0, 0.05) is 20.2 Å². The van der Waals surface area contributed by atoms with E-state index in [1.807, 2.05) is 0 Å². The number of aliphatic imine (C=N–C) groups is 1. The van der Waals surface area contributed by atoms with Crippen molar-refractivity contribution in [2.75, 3.05) is 26.8 Å². The maximum atomic E-state index is 12.0. The highest BCUT2D eigenvalue weighted by atomic mass is 32.2. The molecule has 0 aliphatic heterocycles. The van der Waals surface area contributed by atoms with E-state index in [0.29, 0.717) is 19.1 Å². The molecule has 0 heterocycles. The summed E-state index contributed by atoms with van der Waals surface area (Å²) < 4.78 is 31.3. The van der Waals surface area contributed by atoms with Gasteiger partial charge in [0.2, 0.25) is 10.0 Å². The maximum Gasteiger partial charge on any atom is 0.240 e. The van der Waals surface area contributed by atoms with Crippen molar-refractivity contribution in [1.29, 1.82) is 0 Å². The Balaban J connectivity index is 2.57. The molecule has 7 nitrogen and oxygen atoms in total. The smallest absolute Gasteiger partial charge is 0.240 e. The molecule has 0 amide bonds. The summed E-state index contributed by atoms with van der Waals surface area (Å²) in [5.41, 5.74) is 6.64. The molecule has 0 bridgehead atoms. The summed E-state index contributed by atoms with van der Waals surface area (Å²) in [6.45, 7) is 3.88. The fourth-order valence-corrected chi connectivity index (χ4v) is 2.77. The summed E-state index contributed by atoms with van der Waals surface area (Å²) >= 11 is 0. The first kappa shape index (κ1) is 19.4. The number of nitrogens with one attached hydrogen (secondary N) is 2. The molecule has 1 rings (SSSR count). The van der Waals surface area contributed by atoms with Gasteiger partial charge in [-0.05, 0) is 24.1 Å². The van der Waals surface area contributed by atoms with E-state index in [1.165, 1.54) is 7.11 Å². The number of methoxy groups -OCH3 is 1. The SMILES string of the molecule is CCCCNC(N)=NCc1ccc(S(=O)(=O)NCCOC)cc1. The van der Waals surface area contributed by atoms with Crippen LogP contribution in [-0.2, 0) is 21.3 Å². The third-order valence-corrected chi connectivity index (χ3v) is 4.58. The minimum Gasteiger partial charge on any atom is -0.383 e. The summed E-state index contributed by atoms with van der Waals surface area (Å²) in [4.78, 5) is 4.44. The van der Waals surface area contributed by atoms with Crippen LogP contribution in [0, 0.1) is 0 Å². The molecular weight excluding hydrogens is 316 g/mol. The van der Waals surface area contributed by atoms with Crippen molar-refractivity contribution in [3.8, 4) is 0 Å². The second-order valence-electron chi connectivity index (χ2n) is 5.02. The van der Waals surface area contributed by atoms with Crippen LogP contribution in [0.1, 0.15) is 25.3 Å². The van der Waals surface area contributed by atoms with Gasteiger partial charge in [-0.15, -0.1) is 0 Å². The van der Waals surface area contributed by atoms with Crippen LogP contribution in [0.5, 0.6) is 0 Å².